The van der Waals surface area contributed by atoms with E-state index in [0.717, 1.165) is 40.0 Å². The molecule has 5 heteroatoms. The quantitative estimate of drug-likeness (QED) is 0.904. The van der Waals surface area contributed by atoms with Crippen molar-refractivity contribution >= 4 is 17.4 Å². The van der Waals surface area contributed by atoms with Gasteiger partial charge in [0.25, 0.3) is 0 Å². The van der Waals surface area contributed by atoms with E-state index < -0.39 is 0 Å². The first-order valence-corrected chi connectivity index (χ1v) is 7.35. The number of benzene rings is 1. The van der Waals surface area contributed by atoms with Gasteiger partial charge >= 0.3 is 0 Å². The van der Waals surface area contributed by atoms with E-state index in [1.165, 1.54) is 0 Å². The van der Waals surface area contributed by atoms with Gasteiger partial charge in [0.05, 0.1) is 0 Å². The molecule has 1 aromatic carbocycles. The second-order valence-corrected chi connectivity index (χ2v) is 5.38. The molecule has 0 fully saturated rings. The van der Waals surface area contributed by atoms with Crippen molar-refractivity contribution in [1.82, 2.24) is 9.97 Å². The average Bonchev–Trinajstić information content (AvgIpc) is 2.42. The van der Waals surface area contributed by atoms with Gasteiger partial charge in [-0.3, -0.25) is 0 Å². The Kier molecular flexibility index (Phi) is 5.02. The second-order valence-electron chi connectivity index (χ2n) is 5.00. The maximum Gasteiger partial charge on any atom is 0.168 e. The molecule has 1 heterocycles. The van der Waals surface area contributed by atoms with Gasteiger partial charge in [0, 0.05) is 23.3 Å². The minimum Gasteiger partial charge on any atom is -0.486 e. The van der Waals surface area contributed by atoms with Crippen LogP contribution in [0, 0.1) is 20.8 Å². The Morgan fingerprint density at radius 3 is 2.38 bits per heavy atom. The van der Waals surface area contributed by atoms with Gasteiger partial charge in [-0.25, -0.2) is 9.97 Å². The Morgan fingerprint density at radius 1 is 1.10 bits per heavy atom. The van der Waals surface area contributed by atoms with Crippen molar-refractivity contribution in [3.8, 4) is 5.75 Å². The molecule has 0 aliphatic carbocycles. The Bertz CT molecular complexity index is 620. The normalized spacial score (nSPS) is 10.5. The van der Waals surface area contributed by atoms with Crippen LogP contribution >= 0.6 is 11.6 Å². The summed E-state index contributed by atoms with van der Waals surface area (Å²) >= 11 is 6.15. The third-order valence-electron chi connectivity index (χ3n) is 3.04. The summed E-state index contributed by atoms with van der Waals surface area (Å²) in [5.41, 5.74) is 2.93. The molecule has 0 aliphatic rings. The summed E-state index contributed by atoms with van der Waals surface area (Å²) in [6.45, 7) is 9.08. The minimum atomic E-state index is 0.334. The van der Waals surface area contributed by atoms with Crippen molar-refractivity contribution in [1.29, 1.82) is 0 Å². The van der Waals surface area contributed by atoms with Crippen molar-refractivity contribution in [2.75, 3.05) is 11.9 Å². The monoisotopic (exact) mass is 305 g/mol. The molecule has 21 heavy (non-hydrogen) atoms. The summed E-state index contributed by atoms with van der Waals surface area (Å²) in [4.78, 5) is 8.82. The Hall–Kier alpha value is -1.81. The van der Waals surface area contributed by atoms with Crippen LogP contribution in [-0.4, -0.2) is 16.5 Å². The number of aromatic nitrogens is 2. The van der Waals surface area contributed by atoms with E-state index in [0.29, 0.717) is 12.4 Å². The molecule has 0 unspecified atom stereocenters. The van der Waals surface area contributed by atoms with Gasteiger partial charge in [0.15, 0.2) is 5.82 Å². The van der Waals surface area contributed by atoms with Crippen LogP contribution in [0.4, 0.5) is 5.82 Å². The smallest absolute Gasteiger partial charge is 0.168 e. The highest BCUT2D eigenvalue weighted by Gasteiger charge is 2.06. The summed E-state index contributed by atoms with van der Waals surface area (Å²) in [6.07, 6.45) is 0. The fourth-order valence-corrected chi connectivity index (χ4v) is 2.21. The van der Waals surface area contributed by atoms with Gasteiger partial charge < -0.3 is 10.1 Å². The van der Waals surface area contributed by atoms with Crippen LogP contribution in [0.5, 0.6) is 5.75 Å². The number of nitrogens with zero attached hydrogens (tertiary/aromatic N) is 2. The number of rotatable bonds is 5. The third-order valence-corrected chi connectivity index (χ3v) is 3.63. The van der Waals surface area contributed by atoms with E-state index in [2.05, 4.69) is 15.3 Å². The number of halogens is 1. The molecular weight excluding hydrogens is 286 g/mol. The summed E-state index contributed by atoms with van der Waals surface area (Å²) in [7, 11) is 0. The largest absolute Gasteiger partial charge is 0.486 e. The van der Waals surface area contributed by atoms with E-state index in [1.807, 2.05) is 45.9 Å². The molecule has 0 amide bonds. The van der Waals surface area contributed by atoms with E-state index in [-0.39, 0.29) is 0 Å². The highest BCUT2D eigenvalue weighted by molar-refractivity contribution is 6.32. The van der Waals surface area contributed by atoms with Crippen molar-refractivity contribution in [3.63, 3.8) is 0 Å². The van der Waals surface area contributed by atoms with Crippen LogP contribution in [0.15, 0.2) is 18.2 Å². The van der Waals surface area contributed by atoms with Gasteiger partial charge in [-0.1, -0.05) is 11.6 Å². The molecule has 2 rings (SSSR count). The van der Waals surface area contributed by atoms with Crippen LogP contribution in [0.25, 0.3) is 0 Å². The fourth-order valence-electron chi connectivity index (χ4n) is 2.10. The zero-order valence-corrected chi connectivity index (χ0v) is 13.6. The molecule has 0 saturated carbocycles. The lowest BCUT2D eigenvalue weighted by Gasteiger charge is -2.11. The molecule has 0 bridgehead atoms. The predicted molar refractivity (Wildman–Crippen MR) is 86.2 cm³/mol. The molecule has 1 N–H and O–H groups in total. The predicted octanol–water partition coefficient (Wildman–Crippen LogP) is 4.07. The van der Waals surface area contributed by atoms with Gasteiger partial charge in [-0.2, -0.15) is 0 Å². The summed E-state index contributed by atoms with van der Waals surface area (Å²) in [5, 5.41) is 3.97. The Morgan fingerprint density at radius 2 is 1.76 bits per heavy atom. The van der Waals surface area contributed by atoms with Crippen molar-refractivity contribution in [3.05, 3.63) is 45.9 Å². The average molecular weight is 306 g/mol. The number of hydrogen-bond acceptors (Lipinski definition) is 4. The number of nitrogens with one attached hydrogen (secondary N) is 1. The summed E-state index contributed by atoms with van der Waals surface area (Å²) < 4.78 is 5.79. The van der Waals surface area contributed by atoms with Crippen LogP contribution in [-0.2, 0) is 6.61 Å². The van der Waals surface area contributed by atoms with Gasteiger partial charge in [-0.15, -0.1) is 0 Å². The highest BCUT2D eigenvalue weighted by Crippen LogP contribution is 2.26. The molecule has 0 aliphatic heterocycles. The zero-order chi connectivity index (χ0) is 15.4. The van der Waals surface area contributed by atoms with Gasteiger partial charge in [0.1, 0.15) is 18.2 Å². The second kappa shape index (κ2) is 6.76. The minimum absolute atomic E-state index is 0.334. The first-order chi connectivity index (χ1) is 9.99. The molecule has 112 valence electrons. The van der Waals surface area contributed by atoms with E-state index >= 15 is 0 Å². The summed E-state index contributed by atoms with van der Waals surface area (Å²) in [6, 6.07) is 5.77. The first kappa shape index (κ1) is 15.6. The van der Waals surface area contributed by atoms with E-state index in [1.54, 1.807) is 0 Å². The van der Waals surface area contributed by atoms with E-state index in [9.17, 15) is 0 Å². The number of ether oxygens (including phenoxy) is 1. The maximum atomic E-state index is 6.15. The molecule has 0 spiro atoms. The summed E-state index contributed by atoms with van der Waals surface area (Å²) in [5.74, 6) is 2.27. The standard InChI is InChI=1S/C16H20ClN3O/c1-5-18-14-8-12(4)19-15(20-14)9-21-13-6-10(2)16(17)11(3)7-13/h6-8H,5,9H2,1-4H3,(H,18,19,20). The van der Waals surface area contributed by atoms with Crippen molar-refractivity contribution in [2.24, 2.45) is 0 Å². The SMILES string of the molecule is CCNc1cc(C)nc(COc2cc(C)c(Cl)c(C)c2)n1. The first-order valence-electron chi connectivity index (χ1n) is 6.97. The van der Waals surface area contributed by atoms with Crippen LogP contribution in [0.1, 0.15) is 29.6 Å². The molecular formula is C16H20ClN3O. The number of anilines is 1. The van der Waals surface area contributed by atoms with Gasteiger partial charge in [0.2, 0.25) is 0 Å². The van der Waals surface area contributed by atoms with E-state index in [4.69, 9.17) is 16.3 Å². The molecule has 1 aromatic heterocycles. The molecule has 0 saturated heterocycles. The number of hydrogen-bond donors (Lipinski definition) is 1. The lowest BCUT2D eigenvalue weighted by Crippen LogP contribution is -2.07. The zero-order valence-electron chi connectivity index (χ0n) is 12.8. The topological polar surface area (TPSA) is 47.0 Å². The number of aryl methyl sites for hydroxylation is 3. The maximum absolute atomic E-state index is 6.15. The molecule has 4 nitrogen and oxygen atoms in total. The van der Waals surface area contributed by atoms with Gasteiger partial charge in [-0.05, 0) is 51.0 Å². The Balaban J connectivity index is 2.12. The van der Waals surface area contributed by atoms with Crippen LogP contribution in [0.2, 0.25) is 5.02 Å². The molecule has 2 aromatic rings. The third kappa shape index (κ3) is 4.08. The lowest BCUT2D eigenvalue weighted by atomic mass is 10.1. The highest BCUT2D eigenvalue weighted by atomic mass is 35.5. The fraction of sp³-hybridized carbons (Fsp3) is 0.375. The lowest BCUT2D eigenvalue weighted by molar-refractivity contribution is 0.295. The Labute approximate surface area is 130 Å². The van der Waals surface area contributed by atoms with Crippen molar-refractivity contribution in [2.45, 2.75) is 34.3 Å². The van der Waals surface area contributed by atoms with Crippen LogP contribution in [0.3, 0.4) is 0 Å². The molecule has 0 atom stereocenters. The van der Waals surface area contributed by atoms with Crippen LogP contribution < -0.4 is 10.1 Å². The van der Waals surface area contributed by atoms with Crippen molar-refractivity contribution < 1.29 is 4.74 Å². The molecule has 0 radical (unpaired) electrons.